The van der Waals surface area contributed by atoms with Gasteiger partial charge in [-0.05, 0) is 38.3 Å². The van der Waals surface area contributed by atoms with Crippen LogP contribution >= 0.6 is 11.8 Å². The molecule has 1 fully saturated rings. The summed E-state index contributed by atoms with van der Waals surface area (Å²) in [7, 11) is 1.66. The molecule has 0 spiro atoms. The first-order chi connectivity index (χ1) is 16.8. The van der Waals surface area contributed by atoms with Gasteiger partial charge < -0.3 is 20.5 Å². The number of carbonyl (C=O) groups is 1. The number of aliphatic hydroxyl groups is 1. The molecule has 2 aliphatic heterocycles. The largest absolute Gasteiger partial charge is 0.496 e. The van der Waals surface area contributed by atoms with Crippen molar-refractivity contribution in [1.29, 1.82) is 0 Å². The number of piperidine rings is 1. The number of pyridine rings is 1. The second-order valence-corrected chi connectivity index (χ2v) is 10.0. The van der Waals surface area contributed by atoms with E-state index in [0.717, 1.165) is 44.2 Å². The quantitative estimate of drug-likeness (QED) is 0.512. The highest BCUT2D eigenvalue weighted by Crippen LogP contribution is 2.36. The van der Waals surface area contributed by atoms with Crippen LogP contribution in [0, 0.1) is 13.8 Å². The molecule has 0 saturated carbocycles. The van der Waals surface area contributed by atoms with E-state index in [1.54, 1.807) is 29.8 Å². The van der Waals surface area contributed by atoms with Crippen molar-refractivity contribution < 1.29 is 14.6 Å². The minimum absolute atomic E-state index is 0.0718. The van der Waals surface area contributed by atoms with Gasteiger partial charge in [-0.25, -0.2) is 9.67 Å². The number of nitrogens with two attached hydrogens (primary N) is 1. The number of methoxy groups -OCH3 is 1. The summed E-state index contributed by atoms with van der Waals surface area (Å²) < 4.78 is 7.36. The van der Waals surface area contributed by atoms with Gasteiger partial charge in [0.1, 0.15) is 10.8 Å². The van der Waals surface area contributed by atoms with E-state index < -0.39 is 0 Å². The number of hydrogen-bond acceptors (Lipinski definition) is 9. The Hall–Kier alpha value is -3.18. The van der Waals surface area contributed by atoms with Crippen LogP contribution in [0.15, 0.2) is 16.8 Å². The second-order valence-electron chi connectivity index (χ2n) is 9.05. The normalized spacial score (nSPS) is 16.3. The Labute approximate surface area is 207 Å². The summed E-state index contributed by atoms with van der Waals surface area (Å²) in [6.45, 7) is 5.53. The highest BCUT2D eigenvalue weighted by atomic mass is 32.2. The number of hydrogen-bond donors (Lipinski definition) is 2. The molecule has 3 aromatic heterocycles. The molecular formula is C24H29N7O3S. The maximum Gasteiger partial charge on any atom is 0.226 e. The topological polar surface area (TPSA) is 132 Å². The molecule has 0 bridgehead atoms. The van der Waals surface area contributed by atoms with Gasteiger partial charge in [-0.3, -0.25) is 9.78 Å². The monoisotopic (exact) mass is 495 g/mol. The van der Waals surface area contributed by atoms with E-state index in [2.05, 4.69) is 15.0 Å². The number of aryl methyl sites for hydroxylation is 1. The van der Waals surface area contributed by atoms with Crippen LogP contribution in [-0.4, -0.2) is 72.7 Å². The van der Waals surface area contributed by atoms with Crippen molar-refractivity contribution in [1.82, 2.24) is 29.6 Å². The van der Waals surface area contributed by atoms with Crippen molar-refractivity contribution in [3.63, 3.8) is 0 Å². The molecule has 1 amide bonds. The Morgan fingerprint density at radius 2 is 2.06 bits per heavy atom. The van der Waals surface area contributed by atoms with Crippen molar-refractivity contribution >= 4 is 40.7 Å². The van der Waals surface area contributed by atoms with Crippen molar-refractivity contribution in [3.05, 3.63) is 34.3 Å². The predicted octanol–water partition coefficient (Wildman–Crippen LogP) is 2.34. The fraction of sp³-hybridized carbons (Fsp3) is 0.458. The fourth-order valence-corrected chi connectivity index (χ4v) is 5.70. The highest BCUT2D eigenvalue weighted by Gasteiger charge is 2.25. The second kappa shape index (κ2) is 9.46. The summed E-state index contributed by atoms with van der Waals surface area (Å²) >= 11 is 1.55. The number of carbonyl (C=O) groups excluding carboxylic acids is 1. The molecule has 2 aliphatic rings. The van der Waals surface area contributed by atoms with Crippen LogP contribution in [0.25, 0.3) is 17.1 Å². The van der Waals surface area contributed by atoms with Crippen LogP contribution in [0.1, 0.15) is 41.8 Å². The van der Waals surface area contributed by atoms with E-state index in [9.17, 15) is 9.90 Å². The summed E-state index contributed by atoms with van der Waals surface area (Å²) in [5.74, 6) is 1.69. The molecule has 0 radical (unpaired) electrons. The van der Waals surface area contributed by atoms with E-state index in [1.807, 2.05) is 24.8 Å². The average Bonchev–Trinajstić information content (AvgIpc) is 3.06. The van der Waals surface area contributed by atoms with Gasteiger partial charge in [-0.15, -0.1) is 11.8 Å². The summed E-state index contributed by atoms with van der Waals surface area (Å²) in [5, 5.41) is 16.2. The lowest BCUT2D eigenvalue weighted by Gasteiger charge is -2.29. The molecule has 0 aromatic carbocycles. The van der Waals surface area contributed by atoms with Gasteiger partial charge in [0.2, 0.25) is 11.9 Å². The molecule has 3 aromatic rings. The summed E-state index contributed by atoms with van der Waals surface area (Å²) in [4.78, 5) is 28.3. The minimum atomic E-state index is -0.311. The standard InChI is InChI=1S/C24H29N7O3S/c1-13-10-26-18(14(2)21(13)34-3)11-31-22-20-17(29-31)8-15(12-35-23(20)28-24(25)27-22)9-19(33)30-6-4-16(32)5-7-30/h8,10,16,32H,4-7,9,11-12H2,1-3H3,(H2,25,27,28). The molecule has 5 heterocycles. The predicted molar refractivity (Wildman–Crippen MR) is 134 cm³/mol. The van der Waals surface area contributed by atoms with Gasteiger partial charge in [0.05, 0.1) is 36.5 Å². The maximum atomic E-state index is 12.9. The molecule has 3 N–H and O–H groups in total. The molecule has 10 nitrogen and oxygen atoms in total. The number of likely N-dealkylation sites (tertiary alicyclic amines) is 1. The van der Waals surface area contributed by atoms with Gasteiger partial charge in [0.25, 0.3) is 0 Å². The first-order valence-electron chi connectivity index (χ1n) is 11.6. The number of thioether (sulfide) groups is 1. The third-order valence-electron chi connectivity index (χ3n) is 6.58. The molecule has 0 aliphatic carbocycles. The molecule has 5 rings (SSSR count). The minimum Gasteiger partial charge on any atom is -0.496 e. The van der Waals surface area contributed by atoms with Crippen LogP contribution in [0.5, 0.6) is 5.75 Å². The zero-order valence-electron chi connectivity index (χ0n) is 20.1. The van der Waals surface area contributed by atoms with Crippen LogP contribution in [0.2, 0.25) is 0 Å². The fourth-order valence-electron chi connectivity index (χ4n) is 4.69. The molecular weight excluding hydrogens is 466 g/mol. The number of nitrogens with zero attached hydrogens (tertiary/aromatic N) is 6. The van der Waals surface area contributed by atoms with Crippen LogP contribution < -0.4 is 10.5 Å². The summed E-state index contributed by atoms with van der Waals surface area (Å²) in [6, 6.07) is 0. The molecule has 0 unspecified atom stereocenters. The lowest BCUT2D eigenvalue weighted by molar-refractivity contribution is -0.132. The summed E-state index contributed by atoms with van der Waals surface area (Å²) in [5.41, 5.74) is 11.2. The van der Waals surface area contributed by atoms with E-state index in [0.29, 0.717) is 50.3 Å². The zero-order valence-corrected chi connectivity index (χ0v) is 20.9. The number of aliphatic hydroxyl groups excluding tert-OH is 1. The van der Waals surface area contributed by atoms with Gasteiger partial charge in [-0.2, -0.15) is 10.1 Å². The van der Waals surface area contributed by atoms with Crippen molar-refractivity contribution in [2.75, 3.05) is 31.7 Å². The van der Waals surface area contributed by atoms with Gasteiger partial charge in [-0.1, -0.05) is 0 Å². The SMILES string of the molecule is COc1c(C)cnc(Cn2nc3c4c(nc(N)nc42)SCC(CC(=O)N2CCC(O)CC2)=C3)c1C. The average molecular weight is 496 g/mol. The van der Waals surface area contributed by atoms with Crippen molar-refractivity contribution in [3.8, 4) is 5.75 Å². The van der Waals surface area contributed by atoms with Gasteiger partial charge in [0, 0.05) is 42.6 Å². The Bertz CT molecular complexity index is 1330. The highest BCUT2D eigenvalue weighted by molar-refractivity contribution is 7.99. The van der Waals surface area contributed by atoms with Crippen LogP contribution in [0.4, 0.5) is 5.95 Å². The van der Waals surface area contributed by atoms with Gasteiger partial charge >= 0.3 is 0 Å². The Kier molecular flexibility index (Phi) is 6.37. The van der Waals surface area contributed by atoms with E-state index in [4.69, 9.17) is 15.6 Å². The molecule has 0 atom stereocenters. The third-order valence-corrected chi connectivity index (χ3v) is 7.67. The van der Waals surface area contributed by atoms with Gasteiger partial charge in [0.15, 0.2) is 5.65 Å². The van der Waals surface area contributed by atoms with E-state index >= 15 is 0 Å². The van der Waals surface area contributed by atoms with Crippen molar-refractivity contribution in [2.45, 2.75) is 50.8 Å². The number of rotatable bonds is 5. The van der Waals surface area contributed by atoms with E-state index in [-0.39, 0.29) is 18.0 Å². The lowest BCUT2D eigenvalue weighted by atomic mass is 10.1. The first kappa shape index (κ1) is 23.6. The molecule has 184 valence electrons. The third kappa shape index (κ3) is 4.57. The van der Waals surface area contributed by atoms with Crippen LogP contribution in [0.3, 0.4) is 0 Å². The number of anilines is 1. The zero-order chi connectivity index (χ0) is 24.7. The number of nitrogen functional groups attached to an aromatic ring is 1. The number of aromatic nitrogens is 5. The Balaban J connectivity index is 1.48. The molecule has 1 saturated heterocycles. The van der Waals surface area contributed by atoms with E-state index in [1.165, 1.54) is 0 Å². The Morgan fingerprint density at radius 3 is 2.80 bits per heavy atom. The number of amides is 1. The molecule has 35 heavy (non-hydrogen) atoms. The Morgan fingerprint density at radius 1 is 1.29 bits per heavy atom. The first-order valence-corrected chi connectivity index (χ1v) is 12.6. The number of ether oxygens (including phenoxy) is 1. The smallest absolute Gasteiger partial charge is 0.226 e. The van der Waals surface area contributed by atoms with Crippen molar-refractivity contribution in [2.24, 2.45) is 0 Å². The summed E-state index contributed by atoms with van der Waals surface area (Å²) in [6.07, 6.45) is 5.03. The maximum absolute atomic E-state index is 12.9. The molecule has 11 heteroatoms. The van der Waals surface area contributed by atoms with Crippen LogP contribution in [-0.2, 0) is 11.3 Å². The lowest BCUT2D eigenvalue weighted by Crippen LogP contribution is -2.40.